The molecule has 4 aromatic rings. The number of hydrogen-bond donors (Lipinski definition) is 1. The zero-order valence-corrected chi connectivity index (χ0v) is 14.1. The number of aryl methyl sites for hydroxylation is 1. The first-order chi connectivity index (χ1) is 12.3. The molecular weight excluding hydrogens is 334 g/mol. The molecule has 2 aromatic carbocycles. The highest BCUT2D eigenvalue weighted by Gasteiger charge is 2.08. The second kappa shape index (κ2) is 6.90. The van der Waals surface area contributed by atoms with Crippen molar-refractivity contribution in [2.45, 2.75) is 11.6 Å². The summed E-state index contributed by atoms with van der Waals surface area (Å²) in [4.78, 5) is 19.5. The van der Waals surface area contributed by atoms with Crippen molar-refractivity contribution in [3.05, 3.63) is 77.1 Å². The number of hydrogen-bond acceptors (Lipinski definition) is 5. The lowest BCUT2D eigenvalue weighted by molar-refractivity contribution is 0.878. The lowest BCUT2D eigenvalue weighted by atomic mass is 10.2. The molecule has 0 aliphatic heterocycles. The highest BCUT2D eigenvalue weighted by Crippen LogP contribution is 2.20. The molecule has 25 heavy (non-hydrogen) atoms. The van der Waals surface area contributed by atoms with E-state index in [-0.39, 0.29) is 5.56 Å². The highest BCUT2D eigenvalue weighted by atomic mass is 32.2. The zero-order valence-electron chi connectivity index (χ0n) is 13.3. The predicted molar refractivity (Wildman–Crippen MR) is 98.2 cm³/mol. The molecule has 2 heterocycles. The van der Waals surface area contributed by atoms with E-state index in [9.17, 15) is 4.79 Å². The molecule has 0 amide bonds. The van der Waals surface area contributed by atoms with E-state index in [1.54, 1.807) is 24.2 Å². The minimum atomic E-state index is -0.0990. The van der Waals surface area contributed by atoms with Crippen molar-refractivity contribution < 1.29 is 0 Å². The van der Waals surface area contributed by atoms with Gasteiger partial charge in [-0.3, -0.25) is 9.36 Å². The zero-order chi connectivity index (χ0) is 17.1. The van der Waals surface area contributed by atoms with Crippen molar-refractivity contribution in [2.24, 2.45) is 0 Å². The normalized spacial score (nSPS) is 11.0. The molecule has 4 rings (SSSR count). The number of benzene rings is 2. The van der Waals surface area contributed by atoms with Gasteiger partial charge in [0.05, 0.1) is 10.9 Å². The van der Waals surface area contributed by atoms with Crippen LogP contribution in [0.25, 0.3) is 16.6 Å². The van der Waals surface area contributed by atoms with Gasteiger partial charge in [0, 0.05) is 17.9 Å². The van der Waals surface area contributed by atoms with Gasteiger partial charge in [0.15, 0.2) is 5.16 Å². The molecule has 7 heteroatoms. The van der Waals surface area contributed by atoms with Crippen LogP contribution in [0.4, 0.5) is 0 Å². The van der Waals surface area contributed by atoms with Crippen LogP contribution in [0.2, 0.25) is 0 Å². The summed E-state index contributed by atoms with van der Waals surface area (Å²) in [5.74, 6) is 1.43. The minimum absolute atomic E-state index is 0.0990. The summed E-state index contributed by atoms with van der Waals surface area (Å²) in [6.07, 6.45) is 2.35. The van der Waals surface area contributed by atoms with Gasteiger partial charge in [0.25, 0.3) is 5.56 Å². The molecule has 0 aliphatic rings. The third kappa shape index (κ3) is 3.32. The van der Waals surface area contributed by atoms with Crippen LogP contribution < -0.4 is 5.56 Å². The van der Waals surface area contributed by atoms with Crippen LogP contribution in [0.3, 0.4) is 0 Å². The number of para-hydroxylation sites is 2. The summed E-state index contributed by atoms with van der Waals surface area (Å²) >= 11 is 1.58. The van der Waals surface area contributed by atoms with Gasteiger partial charge in [-0.2, -0.15) is 0 Å². The fraction of sp³-hybridized carbons (Fsp3) is 0.111. The van der Waals surface area contributed by atoms with Crippen LogP contribution in [-0.2, 0) is 6.42 Å². The van der Waals surface area contributed by atoms with Crippen LogP contribution in [0.5, 0.6) is 0 Å². The summed E-state index contributed by atoms with van der Waals surface area (Å²) in [6.45, 7) is 0. The lowest BCUT2D eigenvalue weighted by Crippen LogP contribution is -2.12. The molecule has 0 radical (unpaired) electrons. The molecule has 0 aliphatic carbocycles. The quantitative estimate of drug-likeness (QED) is 0.561. The largest absolute Gasteiger partial charge is 0.310 e. The van der Waals surface area contributed by atoms with Gasteiger partial charge in [0.2, 0.25) is 0 Å². The van der Waals surface area contributed by atoms with E-state index in [2.05, 4.69) is 20.2 Å². The molecule has 1 N–H and O–H groups in total. The van der Waals surface area contributed by atoms with E-state index in [0.29, 0.717) is 17.6 Å². The second-order valence-electron chi connectivity index (χ2n) is 5.45. The Morgan fingerprint density at radius 3 is 2.72 bits per heavy atom. The molecule has 0 spiro atoms. The van der Waals surface area contributed by atoms with Crippen LogP contribution in [0.1, 0.15) is 5.82 Å². The first kappa shape index (κ1) is 15.6. The van der Waals surface area contributed by atoms with Crippen molar-refractivity contribution in [1.29, 1.82) is 0 Å². The van der Waals surface area contributed by atoms with E-state index in [4.69, 9.17) is 0 Å². The summed E-state index contributed by atoms with van der Waals surface area (Å²) < 4.78 is 1.95. The molecule has 0 saturated carbocycles. The van der Waals surface area contributed by atoms with E-state index >= 15 is 0 Å². The molecule has 6 nitrogen and oxygen atoms in total. The Morgan fingerprint density at radius 1 is 1.04 bits per heavy atom. The van der Waals surface area contributed by atoms with Gasteiger partial charge < -0.3 is 4.98 Å². The maximum atomic E-state index is 12.1. The minimum Gasteiger partial charge on any atom is -0.310 e. The van der Waals surface area contributed by atoms with Gasteiger partial charge in [-0.25, -0.2) is 4.98 Å². The molecule has 2 aromatic heterocycles. The Hall–Kier alpha value is -2.93. The number of aromatic amines is 1. The van der Waals surface area contributed by atoms with Gasteiger partial charge >= 0.3 is 0 Å². The van der Waals surface area contributed by atoms with Crippen molar-refractivity contribution >= 4 is 22.7 Å². The van der Waals surface area contributed by atoms with E-state index in [0.717, 1.165) is 22.1 Å². The summed E-state index contributed by atoms with van der Waals surface area (Å²) in [6, 6.07) is 17.3. The monoisotopic (exact) mass is 349 g/mol. The number of rotatable bonds is 5. The fourth-order valence-corrected chi connectivity index (χ4v) is 3.46. The molecule has 0 unspecified atom stereocenters. The Bertz CT molecular complexity index is 1060. The summed E-state index contributed by atoms with van der Waals surface area (Å²) in [7, 11) is 0. The van der Waals surface area contributed by atoms with E-state index in [1.807, 2.05) is 53.1 Å². The third-order valence-electron chi connectivity index (χ3n) is 3.78. The lowest BCUT2D eigenvalue weighted by Gasteiger charge is -2.06. The molecule has 0 atom stereocenters. The average molecular weight is 349 g/mol. The SMILES string of the molecule is O=c1[nH]c(CCSc2nncn2-c2ccccc2)nc2ccccc12. The predicted octanol–water partition coefficient (Wildman–Crippen LogP) is 2.84. The molecule has 0 bridgehead atoms. The Kier molecular flexibility index (Phi) is 4.30. The smallest absolute Gasteiger partial charge is 0.258 e. The third-order valence-corrected chi connectivity index (χ3v) is 4.73. The van der Waals surface area contributed by atoms with E-state index < -0.39 is 0 Å². The molecular formula is C18H15N5OS. The van der Waals surface area contributed by atoms with Gasteiger partial charge in [-0.05, 0) is 24.3 Å². The van der Waals surface area contributed by atoms with Crippen LogP contribution in [-0.4, -0.2) is 30.5 Å². The van der Waals surface area contributed by atoms with Crippen molar-refractivity contribution in [3.8, 4) is 5.69 Å². The van der Waals surface area contributed by atoms with Crippen LogP contribution >= 0.6 is 11.8 Å². The number of nitrogens with one attached hydrogen (secondary N) is 1. The summed E-state index contributed by atoms with van der Waals surface area (Å²) in [5, 5.41) is 9.60. The molecule has 0 fully saturated rings. The first-order valence-corrected chi connectivity index (χ1v) is 8.86. The number of thioether (sulfide) groups is 1. The number of fused-ring (bicyclic) bond motifs is 1. The van der Waals surface area contributed by atoms with Crippen molar-refractivity contribution in [3.63, 3.8) is 0 Å². The number of aromatic nitrogens is 5. The topological polar surface area (TPSA) is 76.5 Å². The van der Waals surface area contributed by atoms with Gasteiger partial charge in [-0.15, -0.1) is 10.2 Å². The van der Waals surface area contributed by atoms with E-state index in [1.165, 1.54) is 0 Å². The Balaban J connectivity index is 1.49. The van der Waals surface area contributed by atoms with Crippen LogP contribution in [0, 0.1) is 0 Å². The molecule has 0 saturated heterocycles. The fourth-order valence-electron chi connectivity index (χ4n) is 2.58. The van der Waals surface area contributed by atoms with Gasteiger partial charge in [-0.1, -0.05) is 42.1 Å². The second-order valence-corrected chi connectivity index (χ2v) is 6.51. The average Bonchev–Trinajstić information content (AvgIpc) is 3.11. The maximum absolute atomic E-state index is 12.1. The highest BCUT2D eigenvalue weighted by molar-refractivity contribution is 7.99. The molecule has 124 valence electrons. The van der Waals surface area contributed by atoms with Crippen molar-refractivity contribution in [2.75, 3.05) is 5.75 Å². The van der Waals surface area contributed by atoms with Crippen LogP contribution in [0.15, 0.2) is 70.9 Å². The van der Waals surface area contributed by atoms with Gasteiger partial charge in [0.1, 0.15) is 12.2 Å². The Morgan fingerprint density at radius 2 is 1.84 bits per heavy atom. The maximum Gasteiger partial charge on any atom is 0.258 e. The summed E-state index contributed by atoms with van der Waals surface area (Å²) in [5.41, 5.74) is 1.64. The standard InChI is InChI=1S/C18H15N5OS/c24-17-14-8-4-5-9-15(14)20-16(21-17)10-11-25-18-22-19-12-23(18)13-6-2-1-3-7-13/h1-9,12H,10-11H2,(H,20,21,24). The Labute approximate surface area is 148 Å². The number of H-pyrrole nitrogens is 1. The first-order valence-electron chi connectivity index (χ1n) is 7.87. The number of nitrogens with zero attached hydrogens (tertiary/aromatic N) is 4. The van der Waals surface area contributed by atoms with Crippen molar-refractivity contribution in [1.82, 2.24) is 24.7 Å².